The maximum Gasteiger partial charge on any atom is 0.335 e. The third kappa shape index (κ3) is 3.83. The number of carboxylic acids is 1. The number of aromatic nitrogens is 2. The van der Waals surface area contributed by atoms with Crippen molar-refractivity contribution in [2.24, 2.45) is 5.10 Å². The Bertz CT molecular complexity index is 957. The van der Waals surface area contributed by atoms with Crippen LogP contribution in [-0.2, 0) is 5.41 Å². The van der Waals surface area contributed by atoms with Crippen LogP contribution in [0.5, 0.6) is 0 Å². The third-order valence-electron chi connectivity index (χ3n) is 3.59. The summed E-state index contributed by atoms with van der Waals surface area (Å²) in [7, 11) is 0. The number of carbonyl (C=O) groups is 1. The molecule has 0 saturated carbocycles. The first kappa shape index (κ1) is 17.0. The zero-order valence-electron chi connectivity index (χ0n) is 14.1. The van der Waals surface area contributed by atoms with E-state index in [0.29, 0.717) is 11.4 Å². The van der Waals surface area contributed by atoms with Crippen LogP contribution in [0.3, 0.4) is 0 Å². The Balaban J connectivity index is 1.85. The summed E-state index contributed by atoms with van der Waals surface area (Å²) in [6.07, 6.45) is 3.07. The molecule has 0 bridgehead atoms. The molecule has 7 heteroatoms. The smallest absolute Gasteiger partial charge is 0.335 e. The van der Waals surface area contributed by atoms with E-state index in [4.69, 9.17) is 5.11 Å². The van der Waals surface area contributed by atoms with Gasteiger partial charge < -0.3 is 5.11 Å². The molecule has 1 aromatic carbocycles. The van der Waals surface area contributed by atoms with Gasteiger partial charge in [-0.25, -0.2) is 14.8 Å². The topological polar surface area (TPSA) is 87.5 Å². The molecule has 0 aliphatic carbocycles. The van der Waals surface area contributed by atoms with Crippen molar-refractivity contribution < 1.29 is 9.90 Å². The van der Waals surface area contributed by atoms with E-state index in [1.54, 1.807) is 41.8 Å². The molecular formula is C18H18N4O2S. The summed E-state index contributed by atoms with van der Waals surface area (Å²) in [5, 5.41) is 14.1. The molecule has 0 spiro atoms. The van der Waals surface area contributed by atoms with E-state index >= 15 is 0 Å². The van der Waals surface area contributed by atoms with Crippen LogP contribution in [0, 0.1) is 0 Å². The van der Waals surface area contributed by atoms with Gasteiger partial charge in [0.25, 0.3) is 0 Å². The molecular weight excluding hydrogens is 336 g/mol. The molecule has 0 atom stereocenters. The van der Waals surface area contributed by atoms with Crippen molar-refractivity contribution in [1.82, 2.24) is 9.97 Å². The van der Waals surface area contributed by atoms with Gasteiger partial charge in [0.1, 0.15) is 11.2 Å². The molecule has 0 aliphatic rings. The number of carboxylic acid groups (broad SMARTS) is 1. The monoisotopic (exact) mass is 354 g/mol. The van der Waals surface area contributed by atoms with Crippen LogP contribution >= 0.6 is 11.3 Å². The normalized spacial score (nSPS) is 12.0. The number of thiophene rings is 1. The highest BCUT2D eigenvalue weighted by Crippen LogP contribution is 2.35. The number of rotatable bonds is 4. The van der Waals surface area contributed by atoms with Gasteiger partial charge in [0.2, 0.25) is 0 Å². The Labute approximate surface area is 149 Å². The maximum absolute atomic E-state index is 11.0. The van der Waals surface area contributed by atoms with E-state index in [-0.39, 0.29) is 11.0 Å². The van der Waals surface area contributed by atoms with Crippen molar-refractivity contribution in [3.05, 3.63) is 52.7 Å². The standard InChI is InChI=1S/C18H18N4O2S/c1-18(2,3)14-8-13-15(19-10-20-16(13)25-14)22-21-9-11-5-4-6-12(7-11)17(23)24/h4-10H,1-3H3,(H,23,24)(H,19,20,22). The first-order valence-corrected chi connectivity index (χ1v) is 8.54. The van der Waals surface area contributed by atoms with Gasteiger partial charge in [0.15, 0.2) is 5.82 Å². The molecule has 3 aromatic rings. The average Bonchev–Trinajstić information content (AvgIpc) is 3.00. The fraction of sp³-hybridized carbons (Fsp3) is 0.222. The SMILES string of the molecule is CC(C)(C)c1cc2c(NN=Cc3cccc(C(=O)O)c3)ncnc2s1. The highest BCUT2D eigenvalue weighted by Gasteiger charge is 2.18. The van der Waals surface area contributed by atoms with Crippen LogP contribution in [0.4, 0.5) is 5.82 Å². The average molecular weight is 354 g/mol. The molecule has 2 N–H and O–H groups in total. The molecule has 6 nitrogen and oxygen atoms in total. The van der Waals surface area contributed by atoms with Gasteiger partial charge in [-0.05, 0) is 29.2 Å². The zero-order valence-corrected chi connectivity index (χ0v) is 15.0. The Morgan fingerprint density at radius 2 is 2.08 bits per heavy atom. The van der Waals surface area contributed by atoms with Crippen LogP contribution in [0.15, 0.2) is 41.8 Å². The first-order valence-electron chi connectivity index (χ1n) is 7.72. The first-order chi connectivity index (χ1) is 11.8. The predicted octanol–water partition coefficient (Wildman–Crippen LogP) is 4.13. The Kier molecular flexibility index (Phi) is 4.50. The summed E-state index contributed by atoms with van der Waals surface area (Å²) in [4.78, 5) is 21.7. The van der Waals surface area contributed by atoms with E-state index in [0.717, 1.165) is 10.2 Å². The van der Waals surface area contributed by atoms with Gasteiger partial charge in [-0.1, -0.05) is 32.9 Å². The lowest BCUT2D eigenvalue weighted by atomic mass is 9.94. The highest BCUT2D eigenvalue weighted by molar-refractivity contribution is 7.18. The summed E-state index contributed by atoms with van der Waals surface area (Å²) >= 11 is 1.65. The van der Waals surface area contributed by atoms with Crippen molar-refractivity contribution in [3.8, 4) is 0 Å². The number of nitrogens with zero attached hydrogens (tertiary/aromatic N) is 3. The third-order valence-corrected chi connectivity index (χ3v) is 5.06. The van der Waals surface area contributed by atoms with E-state index < -0.39 is 5.97 Å². The summed E-state index contributed by atoms with van der Waals surface area (Å²) < 4.78 is 0. The quantitative estimate of drug-likeness (QED) is 0.543. The molecule has 25 heavy (non-hydrogen) atoms. The number of fused-ring (bicyclic) bond motifs is 1. The van der Waals surface area contributed by atoms with Gasteiger partial charge in [-0.15, -0.1) is 11.3 Å². The number of aromatic carboxylic acids is 1. The summed E-state index contributed by atoms with van der Waals surface area (Å²) in [6, 6.07) is 8.66. The van der Waals surface area contributed by atoms with Crippen LogP contribution in [0.2, 0.25) is 0 Å². The molecule has 2 heterocycles. The Morgan fingerprint density at radius 1 is 1.28 bits per heavy atom. The maximum atomic E-state index is 11.0. The fourth-order valence-electron chi connectivity index (χ4n) is 2.23. The second-order valence-corrected chi connectivity index (χ2v) is 7.63. The van der Waals surface area contributed by atoms with Crippen LogP contribution in [0.25, 0.3) is 10.2 Å². The second-order valence-electron chi connectivity index (χ2n) is 6.60. The zero-order chi connectivity index (χ0) is 18.0. The van der Waals surface area contributed by atoms with Gasteiger partial charge in [-0.3, -0.25) is 5.43 Å². The van der Waals surface area contributed by atoms with Gasteiger partial charge >= 0.3 is 5.97 Å². The number of nitrogens with one attached hydrogen (secondary N) is 1. The predicted molar refractivity (Wildman–Crippen MR) is 101 cm³/mol. The van der Waals surface area contributed by atoms with Crippen molar-refractivity contribution in [2.45, 2.75) is 26.2 Å². The minimum Gasteiger partial charge on any atom is -0.478 e. The fourth-order valence-corrected chi connectivity index (χ4v) is 3.29. The minimum atomic E-state index is -0.964. The van der Waals surface area contributed by atoms with Crippen molar-refractivity contribution in [2.75, 3.05) is 5.43 Å². The van der Waals surface area contributed by atoms with Crippen LogP contribution in [0.1, 0.15) is 41.6 Å². The lowest BCUT2D eigenvalue weighted by Gasteiger charge is -2.14. The number of hydrogen-bond donors (Lipinski definition) is 2. The molecule has 0 radical (unpaired) electrons. The number of hydrogen-bond acceptors (Lipinski definition) is 6. The van der Waals surface area contributed by atoms with Crippen LogP contribution in [-0.4, -0.2) is 27.3 Å². The number of anilines is 1. The van der Waals surface area contributed by atoms with Crippen molar-refractivity contribution >= 4 is 39.6 Å². The molecule has 0 saturated heterocycles. The second kappa shape index (κ2) is 6.60. The summed E-state index contributed by atoms with van der Waals surface area (Å²) in [5.74, 6) is -0.337. The number of benzene rings is 1. The molecule has 0 aliphatic heterocycles. The molecule has 3 rings (SSSR count). The van der Waals surface area contributed by atoms with E-state index in [1.165, 1.54) is 11.2 Å². The van der Waals surface area contributed by atoms with E-state index in [1.807, 2.05) is 0 Å². The molecule has 128 valence electrons. The largest absolute Gasteiger partial charge is 0.478 e. The van der Waals surface area contributed by atoms with E-state index in [2.05, 4.69) is 47.3 Å². The van der Waals surface area contributed by atoms with E-state index in [9.17, 15) is 4.79 Å². The molecule has 0 amide bonds. The van der Waals surface area contributed by atoms with Crippen molar-refractivity contribution in [3.63, 3.8) is 0 Å². The number of hydrazone groups is 1. The molecule has 0 unspecified atom stereocenters. The van der Waals surface area contributed by atoms with Gasteiger partial charge in [0, 0.05) is 4.88 Å². The minimum absolute atomic E-state index is 0.0448. The summed E-state index contributed by atoms with van der Waals surface area (Å²) in [6.45, 7) is 6.48. The van der Waals surface area contributed by atoms with Gasteiger partial charge in [-0.2, -0.15) is 5.10 Å². The molecule has 2 aromatic heterocycles. The molecule has 0 fully saturated rings. The lowest BCUT2D eigenvalue weighted by Crippen LogP contribution is -2.07. The van der Waals surface area contributed by atoms with Crippen molar-refractivity contribution in [1.29, 1.82) is 0 Å². The van der Waals surface area contributed by atoms with Crippen LogP contribution < -0.4 is 5.43 Å². The Morgan fingerprint density at radius 3 is 2.80 bits per heavy atom. The Hall–Kier alpha value is -2.80. The summed E-state index contributed by atoms with van der Waals surface area (Å²) in [5.41, 5.74) is 3.89. The lowest BCUT2D eigenvalue weighted by molar-refractivity contribution is 0.0697. The van der Waals surface area contributed by atoms with Gasteiger partial charge in [0.05, 0.1) is 17.2 Å². The highest BCUT2D eigenvalue weighted by atomic mass is 32.1.